The minimum Gasteiger partial charge on any atom is -0.368 e. The van der Waals surface area contributed by atoms with Crippen molar-refractivity contribution < 1.29 is 4.79 Å². The van der Waals surface area contributed by atoms with Gasteiger partial charge < -0.3 is 10.2 Å². The number of nitrogens with zero attached hydrogens (tertiary/aromatic N) is 4. The molecule has 0 saturated carbocycles. The fraction of sp³-hybridized carbons (Fsp3) is 0.286. The van der Waals surface area contributed by atoms with Gasteiger partial charge in [0.2, 0.25) is 5.91 Å². The molecule has 0 unspecified atom stereocenters. The van der Waals surface area contributed by atoms with Crippen LogP contribution >= 0.6 is 11.8 Å². The highest BCUT2D eigenvalue weighted by Gasteiger charge is 2.19. The molecular weight excluding hydrogens is 370 g/mol. The third-order valence-electron chi connectivity index (χ3n) is 4.83. The molecule has 0 spiro atoms. The number of carbonyl (C=O) groups is 1. The summed E-state index contributed by atoms with van der Waals surface area (Å²) in [6.07, 6.45) is 1.77. The molecule has 2 saturated heterocycles. The Kier molecular flexibility index (Phi) is 6.04. The van der Waals surface area contributed by atoms with E-state index < -0.39 is 0 Å². The van der Waals surface area contributed by atoms with Gasteiger partial charge in [-0.15, -0.1) is 5.10 Å². The molecular formula is C21H23N5OS. The van der Waals surface area contributed by atoms with E-state index in [1.165, 1.54) is 23.0 Å². The van der Waals surface area contributed by atoms with Crippen LogP contribution in [0, 0.1) is 0 Å². The van der Waals surface area contributed by atoms with Gasteiger partial charge in [0, 0.05) is 44.0 Å². The smallest absolute Gasteiger partial charge is 0.236 e. The maximum Gasteiger partial charge on any atom is 0.236 e. The van der Waals surface area contributed by atoms with Crippen LogP contribution in [0.25, 0.3) is 0 Å². The summed E-state index contributed by atoms with van der Waals surface area (Å²) in [4.78, 5) is 16.1. The Morgan fingerprint density at radius 1 is 1.00 bits per heavy atom. The van der Waals surface area contributed by atoms with Crippen molar-refractivity contribution in [3.63, 3.8) is 0 Å². The lowest BCUT2D eigenvalue weighted by molar-refractivity contribution is -0.116. The number of anilines is 1. The average molecular weight is 394 g/mol. The molecule has 0 bridgehead atoms. The number of benzene rings is 2. The van der Waals surface area contributed by atoms with E-state index >= 15 is 0 Å². The molecule has 144 valence electrons. The largest absolute Gasteiger partial charge is 0.368 e. The molecule has 0 aromatic heterocycles. The third kappa shape index (κ3) is 4.79. The van der Waals surface area contributed by atoms with Gasteiger partial charge in [-0.3, -0.25) is 9.69 Å². The van der Waals surface area contributed by atoms with Gasteiger partial charge in [-0.2, -0.15) is 5.10 Å². The molecule has 2 fully saturated rings. The quantitative estimate of drug-likeness (QED) is 0.627. The number of hydrogen-bond donors (Lipinski definition) is 1. The standard InChI is InChI=1S/C21H23N5OS/c27-20-16-28-21(23-20)24-22-14-18-8-4-5-9-19(18)26-12-10-25(11-13-26)15-17-6-2-1-3-7-17/h1-9,14H,10-13,15-16H2,(H,23,24,27). The van der Waals surface area contributed by atoms with E-state index in [1.807, 2.05) is 6.07 Å². The fourth-order valence-corrected chi connectivity index (χ4v) is 4.03. The summed E-state index contributed by atoms with van der Waals surface area (Å²) in [6, 6.07) is 18.9. The highest BCUT2D eigenvalue weighted by molar-refractivity contribution is 8.15. The Bertz CT molecular complexity index is 875. The SMILES string of the molecule is O=C1CSC(=NN=Cc2ccccc2N2CCN(Cc3ccccc3)CC2)N1. The van der Waals surface area contributed by atoms with Crippen molar-refractivity contribution in [3.05, 3.63) is 65.7 Å². The summed E-state index contributed by atoms with van der Waals surface area (Å²) in [7, 11) is 0. The number of nitrogens with one attached hydrogen (secondary N) is 1. The van der Waals surface area contributed by atoms with Gasteiger partial charge in [-0.05, 0) is 11.6 Å². The summed E-state index contributed by atoms with van der Waals surface area (Å²) in [5.41, 5.74) is 3.58. The second-order valence-corrected chi connectivity index (χ2v) is 7.76. The van der Waals surface area contributed by atoms with E-state index in [0.717, 1.165) is 38.3 Å². The molecule has 2 aromatic carbocycles. The number of para-hydroxylation sites is 1. The predicted octanol–water partition coefficient (Wildman–Crippen LogP) is 2.56. The van der Waals surface area contributed by atoms with Crippen LogP contribution in [0.15, 0.2) is 64.8 Å². The van der Waals surface area contributed by atoms with Crippen LogP contribution in [0.5, 0.6) is 0 Å². The normalized spacial score (nSPS) is 19.5. The molecule has 2 aliphatic rings. The minimum absolute atomic E-state index is 0.0206. The maximum atomic E-state index is 11.2. The summed E-state index contributed by atoms with van der Waals surface area (Å²) >= 11 is 1.38. The van der Waals surface area contributed by atoms with Crippen LogP contribution in [0.2, 0.25) is 0 Å². The van der Waals surface area contributed by atoms with Gasteiger partial charge in [0.25, 0.3) is 0 Å². The molecule has 6 nitrogen and oxygen atoms in total. The molecule has 0 aliphatic carbocycles. The zero-order chi connectivity index (χ0) is 19.2. The lowest BCUT2D eigenvalue weighted by Gasteiger charge is -2.36. The van der Waals surface area contributed by atoms with Crippen LogP contribution in [-0.4, -0.2) is 54.1 Å². The second kappa shape index (κ2) is 9.03. The molecule has 2 aromatic rings. The van der Waals surface area contributed by atoms with Crippen LogP contribution < -0.4 is 10.2 Å². The van der Waals surface area contributed by atoms with Gasteiger partial charge in [-0.1, -0.05) is 60.3 Å². The average Bonchev–Trinajstić information content (AvgIpc) is 3.15. The second-order valence-electron chi connectivity index (χ2n) is 6.79. The van der Waals surface area contributed by atoms with Crippen LogP contribution in [0.1, 0.15) is 11.1 Å². The first-order valence-corrected chi connectivity index (χ1v) is 10.4. The Labute approximate surface area is 169 Å². The van der Waals surface area contributed by atoms with E-state index in [2.05, 4.69) is 73.9 Å². The number of thioether (sulfide) groups is 1. The van der Waals surface area contributed by atoms with Gasteiger partial charge in [0.15, 0.2) is 5.17 Å². The van der Waals surface area contributed by atoms with Crippen molar-refractivity contribution in [3.8, 4) is 0 Å². The van der Waals surface area contributed by atoms with Crippen LogP contribution in [0.3, 0.4) is 0 Å². The van der Waals surface area contributed by atoms with Crippen LogP contribution in [-0.2, 0) is 11.3 Å². The molecule has 4 rings (SSSR count). The van der Waals surface area contributed by atoms with Gasteiger partial charge in [-0.25, -0.2) is 0 Å². The molecule has 0 atom stereocenters. The van der Waals surface area contributed by atoms with Crippen molar-refractivity contribution in [2.24, 2.45) is 10.2 Å². The number of carbonyl (C=O) groups excluding carboxylic acids is 1. The third-order valence-corrected chi connectivity index (χ3v) is 5.69. The minimum atomic E-state index is -0.0206. The zero-order valence-corrected chi connectivity index (χ0v) is 16.4. The predicted molar refractivity (Wildman–Crippen MR) is 116 cm³/mol. The first-order chi connectivity index (χ1) is 13.8. The van der Waals surface area contributed by atoms with Crippen molar-refractivity contribution in [2.45, 2.75) is 6.54 Å². The molecule has 28 heavy (non-hydrogen) atoms. The van der Waals surface area contributed by atoms with Crippen LogP contribution in [0.4, 0.5) is 5.69 Å². The number of piperazine rings is 1. The molecule has 2 aliphatic heterocycles. The van der Waals surface area contributed by atoms with Crippen molar-refractivity contribution in [1.29, 1.82) is 0 Å². The Morgan fingerprint density at radius 2 is 1.75 bits per heavy atom. The molecule has 2 heterocycles. The van der Waals surface area contributed by atoms with E-state index in [4.69, 9.17) is 0 Å². The summed E-state index contributed by atoms with van der Waals surface area (Å²) < 4.78 is 0. The molecule has 1 N–H and O–H groups in total. The van der Waals surface area contributed by atoms with Crippen molar-refractivity contribution in [1.82, 2.24) is 10.2 Å². The molecule has 0 radical (unpaired) electrons. The highest BCUT2D eigenvalue weighted by atomic mass is 32.2. The lowest BCUT2D eigenvalue weighted by Crippen LogP contribution is -2.46. The Hall–Kier alpha value is -2.64. The number of hydrogen-bond acceptors (Lipinski definition) is 6. The monoisotopic (exact) mass is 393 g/mol. The summed E-state index contributed by atoms with van der Waals surface area (Å²) in [5, 5.41) is 11.5. The number of amides is 1. The van der Waals surface area contributed by atoms with Gasteiger partial charge in [0.05, 0.1) is 12.0 Å². The van der Waals surface area contributed by atoms with Gasteiger partial charge >= 0.3 is 0 Å². The van der Waals surface area contributed by atoms with E-state index in [1.54, 1.807) is 6.21 Å². The Morgan fingerprint density at radius 3 is 2.50 bits per heavy atom. The topological polar surface area (TPSA) is 60.3 Å². The number of amidine groups is 1. The van der Waals surface area contributed by atoms with E-state index in [-0.39, 0.29) is 5.91 Å². The zero-order valence-electron chi connectivity index (χ0n) is 15.6. The Balaban J connectivity index is 1.38. The summed E-state index contributed by atoms with van der Waals surface area (Å²) in [5.74, 6) is 0.394. The highest BCUT2D eigenvalue weighted by Crippen LogP contribution is 2.21. The summed E-state index contributed by atoms with van der Waals surface area (Å²) in [6.45, 7) is 5.03. The molecule has 7 heteroatoms. The number of rotatable bonds is 5. The lowest BCUT2D eigenvalue weighted by atomic mass is 10.1. The van der Waals surface area contributed by atoms with Gasteiger partial charge in [0.1, 0.15) is 0 Å². The van der Waals surface area contributed by atoms with E-state index in [9.17, 15) is 4.79 Å². The molecule has 1 amide bonds. The van der Waals surface area contributed by atoms with Crippen molar-refractivity contribution >= 4 is 34.7 Å². The first-order valence-electron chi connectivity index (χ1n) is 9.42. The van der Waals surface area contributed by atoms with E-state index in [0.29, 0.717) is 10.9 Å². The first kappa shape index (κ1) is 18.7. The maximum absolute atomic E-state index is 11.2. The van der Waals surface area contributed by atoms with Crippen molar-refractivity contribution in [2.75, 3.05) is 36.8 Å². The fourth-order valence-electron chi connectivity index (χ4n) is 3.40.